The Balaban J connectivity index is 3.41. The minimum Gasteiger partial charge on any atom is -0.394 e. The van der Waals surface area contributed by atoms with Gasteiger partial charge in [-0.25, -0.2) is 0 Å². The number of carbonyl (C=O) groups is 1. The topological polar surface area (TPSA) is 69.6 Å². The molecule has 74 heavy (non-hydrogen) atoms. The zero-order chi connectivity index (χ0) is 53.4. The average molecular weight is 1040 g/mol. The van der Waals surface area contributed by atoms with E-state index in [-0.39, 0.29) is 12.5 Å². The zero-order valence-corrected chi connectivity index (χ0v) is 50.9. The van der Waals surface area contributed by atoms with E-state index in [1.807, 2.05) is 6.08 Å². The second-order valence-electron chi connectivity index (χ2n) is 24.0. The number of hydrogen-bond acceptors (Lipinski definition) is 3. The van der Waals surface area contributed by atoms with Crippen molar-refractivity contribution < 1.29 is 15.0 Å². The van der Waals surface area contributed by atoms with Crippen molar-refractivity contribution >= 4 is 5.91 Å². The third-order valence-corrected chi connectivity index (χ3v) is 16.4. The van der Waals surface area contributed by atoms with Gasteiger partial charge in [-0.3, -0.25) is 4.79 Å². The number of hydrogen-bond donors (Lipinski definition) is 3. The van der Waals surface area contributed by atoms with Crippen LogP contribution >= 0.6 is 0 Å². The maximum atomic E-state index is 12.5. The molecule has 0 aromatic heterocycles. The van der Waals surface area contributed by atoms with Gasteiger partial charge < -0.3 is 15.5 Å². The fourth-order valence-electron chi connectivity index (χ4n) is 11.2. The number of carbonyl (C=O) groups excluding carboxylic acids is 1. The Labute approximate surface area is 466 Å². The van der Waals surface area contributed by atoms with Crippen molar-refractivity contribution in [3.8, 4) is 0 Å². The number of aliphatic hydroxyl groups is 2. The minimum atomic E-state index is -0.861. The Morgan fingerprint density at radius 2 is 0.527 bits per heavy atom. The Hall–Kier alpha value is -1.13. The van der Waals surface area contributed by atoms with Crippen LogP contribution in [0.15, 0.2) is 24.3 Å². The minimum absolute atomic E-state index is 0.0643. The molecule has 0 spiro atoms. The van der Waals surface area contributed by atoms with Crippen LogP contribution in [0.25, 0.3) is 0 Å². The highest BCUT2D eigenvalue weighted by Gasteiger charge is 2.18. The highest BCUT2D eigenvalue weighted by atomic mass is 16.3. The molecule has 0 saturated heterocycles. The van der Waals surface area contributed by atoms with E-state index in [9.17, 15) is 15.0 Å². The summed E-state index contributed by atoms with van der Waals surface area (Å²) < 4.78 is 0. The molecule has 4 heteroatoms. The van der Waals surface area contributed by atoms with Gasteiger partial charge in [0.25, 0.3) is 0 Å². The van der Waals surface area contributed by atoms with Crippen LogP contribution in [0.1, 0.15) is 399 Å². The molecule has 0 fully saturated rings. The zero-order valence-electron chi connectivity index (χ0n) is 50.9. The summed E-state index contributed by atoms with van der Waals surface area (Å²) in [6.45, 7) is 4.35. The lowest BCUT2D eigenvalue weighted by Crippen LogP contribution is -2.45. The molecule has 2 atom stereocenters. The maximum Gasteiger partial charge on any atom is 0.220 e. The van der Waals surface area contributed by atoms with Crippen LogP contribution in [0, 0.1) is 0 Å². The van der Waals surface area contributed by atoms with Gasteiger partial charge in [0.1, 0.15) is 0 Å². The van der Waals surface area contributed by atoms with Gasteiger partial charge in [0.2, 0.25) is 5.91 Å². The van der Waals surface area contributed by atoms with E-state index < -0.39 is 12.1 Å². The fraction of sp³-hybridized carbons (Fsp3) is 0.929. The molecule has 0 rings (SSSR count). The van der Waals surface area contributed by atoms with E-state index in [0.29, 0.717) is 6.42 Å². The molecule has 0 saturated carbocycles. The highest BCUT2D eigenvalue weighted by Crippen LogP contribution is 2.19. The van der Waals surface area contributed by atoms with Crippen LogP contribution in [0.3, 0.4) is 0 Å². The van der Waals surface area contributed by atoms with Crippen LogP contribution in [0.4, 0.5) is 0 Å². The first kappa shape index (κ1) is 72.9. The Kier molecular flexibility index (Phi) is 65.1. The van der Waals surface area contributed by atoms with E-state index in [2.05, 4.69) is 31.3 Å². The van der Waals surface area contributed by atoms with Gasteiger partial charge in [0.05, 0.1) is 18.8 Å². The van der Waals surface area contributed by atoms with Crippen molar-refractivity contribution in [2.24, 2.45) is 0 Å². The molecule has 4 nitrogen and oxygen atoms in total. The van der Waals surface area contributed by atoms with Gasteiger partial charge in [-0.05, 0) is 32.1 Å². The first-order chi connectivity index (χ1) is 36.7. The summed E-state index contributed by atoms with van der Waals surface area (Å²) >= 11 is 0. The second kappa shape index (κ2) is 66.2. The van der Waals surface area contributed by atoms with Crippen LogP contribution in [0.2, 0.25) is 0 Å². The Morgan fingerprint density at radius 1 is 0.311 bits per heavy atom. The molecule has 0 aromatic carbocycles. The summed E-state index contributed by atoms with van der Waals surface area (Å²) in [5.74, 6) is -0.0643. The molecular weight excluding hydrogens is 903 g/mol. The highest BCUT2D eigenvalue weighted by molar-refractivity contribution is 5.76. The third kappa shape index (κ3) is 61.7. The first-order valence-corrected chi connectivity index (χ1v) is 34.6. The van der Waals surface area contributed by atoms with Crippen molar-refractivity contribution in [3.05, 3.63) is 24.3 Å². The summed E-state index contributed by atoms with van der Waals surface area (Å²) in [7, 11) is 0. The van der Waals surface area contributed by atoms with Crippen molar-refractivity contribution in [3.63, 3.8) is 0 Å². The van der Waals surface area contributed by atoms with Crippen LogP contribution in [-0.4, -0.2) is 34.9 Å². The smallest absolute Gasteiger partial charge is 0.220 e. The van der Waals surface area contributed by atoms with Crippen molar-refractivity contribution in [2.45, 2.75) is 411 Å². The number of unbranched alkanes of at least 4 members (excludes halogenated alkanes) is 56. The molecule has 1 amide bonds. The van der Waals surface area contributed by atoms with E-state index in [1.165, 1.54) is 347 Å². The first-order valence-electron chi connectivity index (χ1n) is 34.6. The fourth-order valence-corrected chi connectivity index (χ4v) is 11.2. The van der Waals surface area contributed by atoms with Crippen LogP contribution in [0.5, 0.6) is 0 Å². The molecule has 2 unspecified atom stereocenters. The second-order valence-corrected chi connectivity index (χ2v) is 24.0. The third-order valence-electron chi connectivity index (χ3n) is 16.4. The molecule has 0 heterocycles. The SMILES string of the molecule is CCCCCCCCCCCCCCCCCCCCC/C=C/CC/C=C/C(O)C(CO)NC(=O)CCCCCCCCCCCCCCCCCCCCCCCCCCCCCCCCCCCCCCC. The van der Waals surface area contributed by atoms with Crippen LogP contribution in [-0.2, 0) is 4.79 Å². The van der Waals surface area contributed by atoms with Gasteiger partial charge in [0, 0.05) is 6.42 Å². The van der Waals surface area contributed by atoms with Crippen molar-refractivity contribution in [2.75, 3.05) is 6.61 Å². The molecule has 0 aliphatic carbocycles. The molecule has 0 aliphatic heterocycles. The molecule has 0 aromatic rings. The molecule has 440 valence electrons. The number of amides is 1. The molecule has 0 bridgehead atoms. The summed E-state index contributed by atoms with van der Waals surface area (Å²) in [6, 6.07) is -0.637. The Morgan fingerprint density at radius 3 is 0.784 bits per heavy atom. The van der Waals surface area contributed by atoms with Crippen molar-refractivity contribution in [1.29, 1.82) is 0 Å². The molecule has 0 aliphatic rings. The van der Waals surface area contributed by atoms with E-state index in [1.54, 1.807) is 6.08 Å². The predicted molar refractivity (Wildman–Crippen MR) is 332 cm³/mol. The molecule has 0 radical (unpaired) electrons. The lowest BCUT2D eigenvalue weighted by molar-refractivity contribution is -0.123. The summed E-state index contributed by atoms with van der Waals surface area (Å²) in [5, 5.41) is 23.2. The predicted octanol–water partition coefficient (Wildman–Crippen LogP) is 23.4. The maximum absolute atomic E-state index is 12.5. The number of allylic oxidation sites excluding steroid dienone is 3. The summed E-state index contributed by atoms with van der Waals surface area (Å²) in [4.78, 5) is 12.5. The van der Waals surface area contributed by atoms with Gasteiger partial charge in [-0.1, -0.05) is 385 Å². The van der Waals surface area contributed by atoms with E-state index >= 15 is 0 Å². The monoisotopic (exact) mass is 1040 g/mol. The number of aliphatic hydroxyl groups excluding tert-OH is 2. The van der Waals surface area contributed by atoms with Gasteiger partial charge in [-0.2, -0.15) is 0 Å². The lowest BCUT2D eigenvalue weighted by Gasteiger charge is -2.19. The summed E-state index contributed by atoms with van der Waals surface area (Å²) in [5.41, 5.74) is 0. The standard InChI is InChI=1S/C70H137NO3/c1-3-5-7-9-11-13-15-17-19-21-23-25-27-29-30-31-32-33-34-35-36-37-38-39-40-42-44-46-48-50-52-54-56-58-60-62-64-66-70(74)71-68(67-72)69(73)65-63-61-59-57-55-53-51-49-47-45-43-41-28-26-24-22-20-18-16-14-12-10-8-6-4-2/h55,57,63,65,68-69,72-73H,3-54,56,58-62,64,66-67H2,1-2H3,(H,71,74)/b57-55+,65-63+. The van der Waals surface area contributed by atoms with Crippen LogP contribution < -0.4 is 5.32 Å². The Bertz CT molecular complexity index is 1090. The number of rotatable bonds is 65. The largest absolute Gasteiger partial charge is 0.394 e. The van der Waals surface area contributed by atoms with Crippen molar-refractivity contribution in [1.82, 2.24) is 5.32 Å². The average Bonchev–Trinajstić information content (AvgIpc) is 3.40. The van der Waals surface area contributed by atoms with Gasteiger partial charge >= 0.3 is 0 Å². The molecular formula is C70H137NO3. The molecule has 3 N–H and O–H groups in total. The van der Waals surface area contributed by atoms with Gasteiger partial charge in [0.15, 0.2) is 0 Å². The summed E-state index contributed by atoms with van der Waals surface area (Å²) in [6.07, 6.45) is 89.9. The van der Waals surface area contributed by atoms with E-state index in [0.717, 1.165) is 32.1 Å². The normalized spacial score (nSPS) is 12.8. The van der Waals surface area contributed by atoms with E-state index in [4.69, 9.17) is 0 Å². The van der Waals surface area contributed by atoms with Gasteiger partial charge in [-0.15, -0.1) is 0 Å². The number of nitrogens with one attached hydrogen (secondary N) is 1. The lowest BCUT2D eigenvalue weighted by atomic mass is 10.0. The quantitative estimate of drug-likeness (QED) is 0.0420.